The van der Waals surface area contributed by atoms with Gasteiger partial charge in [-0.25, -0.2) is 9.59 Å². The molecule has 0 bridgehead atoms. The van der Waals surface area contributed by atoms with Crippen LogP contribution in [0.25, 0.3) is 0 Å². The number of methoxy groups -OCH3 is 1. The lowest BCUT2D eigenvalue weighted by Crippen LogP contribution is -2.46. The van der Waals surface area contributed by atoms with E-state index in [1.54, 1.807) is 7.11 Å². The monoisotopic (exact) mass is 296 g/mol. The van der Waals surface area contributed by atoms with Crippen LogP contribution in [-0.2, 0) is 11.2 Å². The van der Waals surface area contributed by atoms with E-state index in [4.69, 9.17) is 14.9 Å². The van der Waals surface area contributed by atoms with Crippen LogP contribution < -0.4 is 15.4 Å². The van der Waals surface area contributed by atoms with Gasteiger partial charge in [-0.1, -0.05) is 18.2 Å². The van der Waals surface area contributed by atoms with Crippen molar-refractivity contribution in [2.45, 2.75) is 18.9 Å². The molecular weight excluding hydrogens is 276 g/mol. The molecule has 1 aromatic rings. The Morgan fingerprint density at radius 1 is 1.33 bits per heavy atom. The van der Waals surface area contributed by atoms with E-state index >= 15 is 0 Å². The van der Waals surface area contributed by atoms with Crippen molar-refractivity contribution in [3.8, 4) is 5.75 Å². The summed E-state index contributed by atoms with van der Waals surface area (Å²) in [6.45, 7) is 0.0378. The lowest BCUT2D eigenvalue weighted by atomic mass is 10.1. The summed E-state index contributed by atoms with van der Waals surface area (Å²) in [7, 11) is 1.57. The molecule has 7 nitrogen and oxygen atoms in total. The van der Waals surface area contributed by atoms with Crippen LogP contribution in [-0.4, -0.2) is 48.5 Å². The van der Waals surface area contributed by atoms with Gasteiger partial charge in [-0.05, 0) is 18.1 Å². The van der Waals surface area contributed by atoms with Crippen LogP contribution in [0.2, 0.25) is 0 Å². The first kappa shape index (κ1) is 16.8. The molecule has 1 aromatic carbocycles. The SMILES string of the molecule is COc1ccccc1CCNC(=O)N[C@@H](CCO)C(=O)O. The summed E-state index contributed by atoms with van der Waals surface area (Å²) >= 11 is 0. The maximum Gasteiger partial charge on any atom is 0.326 e. The predicted molar refractivity (Wildman–Crippen MR) is 76.4 cm³/mol. The molecule has 0 fully saturated rings. The van der Waals surface area contributed by atoms with Crippen molar-refractivity contribution in [3.05, 3.63) is 29.8 Å². The van der Waals surface area contributed by atoms with Crippen LogP contribution in [0.5, 0.6) is 5.75 Å². The van der Waals surface area contributed by atoms with Gasteiger partial charge in [-0.2, -0.15) is 0 Å². The van der Waals surface area contributed by atoms with E-state index in [2.05, 4.69) is 10.6 Å². The largest absolute Gasteiger partial charge is 0.496 e. The summed E-state index contributed by atoms with van der Waals surface area (Å²) < 4.78 is 5.20. The number of para-hydroxylation sites is 1. The molecule has 0 aliphatic heterocycles. The molecule has 0 unspecified atom stereocenters. The summed E-state index contributed by atoms with van der Waals surface area (Å²) in [4.78, 5) is 22.4. The average Bonchev–Trinajstić information content (AvgIpc) is 2.47. The fourth-order valence-electron chi connectivity index (χ4n) is 1.82. The quantitative estimate of drug-likeness (QED) is 0.554. The molecule has 1 atom stereocenters. The molecule has 0 radical (unpaired) electrons. The molecule has 0 aromatic heterocycles. The number of carbonyl (C=O) groups is 2. The molecule has 2 amide bonds. The van der Waals surface area contributed by atoms with Crippen LogP contribution in [0.15, 0.2) is 24.3 Å². The summed E-state index contributed by atoms with van der Waals surface area (Å²) in [6, 6.07) is 5.78. The van der Waals surface area contributed by atoms with E-state index < -0.39 is 18.0 Å². The number of hydrogen-bond acceptors (Lipinski definition) is 4. The molecule has 1 rings (SSSR count). The number of urea groups is 1. The minimum atomic E-state index is -1.18. The van der Waals surface area contributed by atoms with Crippen LogP contribution in [0.3, 0.4) is 0 Å². The highest BCUT2D eigenvalue weighted by atomic mass is 16.5. The fourth-order valence-corrected chi connectivity index (χ4v) is 1.82. The number of ether oxygens (including phenoxy) is 1. The molecule has 0 saturated carbocycles. The molecule has 0 saturated heterocycles. The lowest BCUT2D eigenvalue weighted by Gasteiger charge is -2.14. The minimum absolute atomic E-state index is 0.0325. The number of hydrogen-bond donors (Lipinski definition) is 4. The molecule has 116 valence electrons. The van der Waals surface area contributed by atoms with Crippen molar-refractivity contribution in [2.75, 3.05) is 20.3 Å². The predicted octanol–water partition coefficient (Wildman–Crippen LogP) is 0.372. The van der Waals surface area contributed by atoms with Crippen molar-refractivity contribution in [2.24, 2.45) is 0 Å². The van der Waals surface area contributed by atoms with E-state index in [0.29, 0.717) is 13.0 Å². The van der Waals surface area contributed by atoms with Crippen molar-refractivity contribution in [1.82, 2.24) is 10.6 Å². The highest BCUT2D eigenvalue weighted by Crippen LogP contribution is 2.17. The van der Waals surface area contributed by atoms with E-state index in [9.17, 15) is 9.59 Å². The second-order valence-corrected chi connectivity index (χ2v) is 4.37. The van der Waals surface area contributed by atoms with Crippen molar-refractivity contribution in [3.63, 3.8) is 0 Å². The molecule has 7 heteroatoms. The summed E-state index contributed by atoms with van der Waals surface area (Å²) in [5.74, 6) is -0.438. The minimum Gasteiger partial charge on any atom is -0.496 e. The summed E-state index contributed by atoms with van der Waals surface area (Å²) in [5, 5.41) is 22.5. The van der Waals surface area contributed by atoms with Crippen molar-refractivity contribution < 1.29 is 24.5 Å². The number of aliphatic hydroxyl groups is 1. The third kappa shape index (κ3) is 5.70. The lowest BCUT2D eigenvalue weighted by molar-refractivity contribution is -0.139. The average molecular weight is 296 g/mol. The molecular formula is C14H20N2O5. The third-order valence-corrected chi connectivity index (χ3v) is 2.89. The number of carboxylic acids is 1. The van der Waals surface area contributed by atoms with Gasteiger partial charge < -0.3 is 25.6 Å². The number of amides is 2. The van der Waals surface area contributed by atoms with Gasteiger partial charge in [-0.3, -0.25) is 0 Å². The van der Waals surface area contributed by atoms with Gasteiger partial charge >= 0.3 is 12.0 Å². The number of carboxylic acid groups (broad SMARTS) is 1. The topological polar surface area (TPSA) is 108 Å². The van der Waals surface area contributed by atoms with Gasteiger partial charge in [0.2, 0.25) is 0 Å². The van der Waals surface area contributed by atoms with Gasteiger partial charge in [0.15, 0.2) is 0 Å². The number of carbonyl (C=O) groups excluding carboxylic acids is 1. The molecule has 0 aliphatic carbocycles. The zero-order valence-corrected chi connectivity index (χ0v) is 11.8. The first-order valence-corrected chi connectivity index (χ1v) is 6.58. The maximum atomic E-state index is 11.6. The molecule has 0 heterocycles. The van der Waals surface area contributed by atoms with Gasteiger partial charge in [-0.15, -0.1) is 0 Å². The van der Waals surface area contributed by atoms with Gasteiger partial charge in [0.25, 0.3) is 0 Å². The van der Waals surface area contributed by atoms with Crippen LogP contribution in [0.1, 0.15) is 12.0 Å². The van der Waals surface area contributed by atoms with Gasteiger partial charge in [0.1, 0.15) is 11.8 Å². The number of aliphatic carboxylic acids is 1. The molecule has 0 aliphatic rings. The summed E-state index contributed by atoms with van der Waals surface area (Å²) in [6.07, 6.45) is 0.532. The van der Waals surface area contributed by atoms with E-state index in [-0.39, 0.29) is 13.0 Å². The number of benzene rings is 1. The molecule has 0 spiro atoms. The standard InChI is InChI=1S/C14H20N2O5/c1-21-12-5-3-2-4-10(12)6-8-15-14(20)16-11(7-9-17)13(18)19/h2-5,11,17H,6-9H2,1H3,(H,18,19)(H2,15,16,20)/t11-/m0/s1. The highest BCUT2D eigenvalue weighted by molar-refractivity contribution is 5.82. The Morgan fingerprint density at radius 2 is 2.05 bits per heavy atom. The Kier molecular flexibility index (Phi) is 7.03. The van der Waals surface area contributed by atoms with E-state index in [1.165, 1.54) is 0 Å². The first-order chi connectivity index (χ1) is 10.1. The Bertz CT molecular complexity index is 478. The van der Waals surface area contributed by atoms with Crippen molar-refractivity contribution in [1.29, 1.82) is 0 Å². The highest BCUT2D eigenvalue weighted by Gasteiger charge is 2.18. The van der Waals surface area contributed by atoms with Gasteiger partial charge in [0.05, 0.1) is 7.11 Å². The Balaban J connectivity index is 2.41. The maximum absolute atomic E-state index is 11.6. The Labute approximate surface area is 122 Å². The Hall–Kier alpha value is -2.28. The Morgan fingerprint density at radius 3 is 2.67 bits per heavy atom. The molecule has 4 N–H and O–H groups in total. The van der Waals surface area contributed by atoms with E-state index in [1.807, 2.05) is 24.3 Å². The first-order valence-electron chi connectivity index (χ1n) is 6.58. The fraction of sp³-hybridized carbons (Fsp3) is 0.429. The second-order valence-electron chi connectivity index (χ2n) is 4.37. The van der Waals surface area contributed by atoms with Crippen molar-refractivity contribution >= 4 is 12.0 Å². The zero-order chi connectivity index (χ0) is 15.7. The normalized spacial score (nSPS) is 11.5. The smallest absolute Gasteiger partial charge is 0.326 e. The zero-order valence-electron chi connectivity index (χ0n) is 11.8. The number of rotatable bonds is 8. The van der Waals surface area contributed by atoms with Gasteiger partial charge in [0, 0.05) is 19.6 Å². The molecule has 21 heavy (non-hydrogen) atoms. The van der Waals surface area contributed by atoms with Crippen LogP contribution in [0.4, 0.5) is 4.79 Å². The third-order valence-electron chi connectivity index (χ3n) is 2.89. The number of nitrogens with one attached hydrogen (secondary N) is 2. The van der Waals surface area contributed by atoms with Crippen LogP contribution in [0, 0.1) is 0 Å². The number of aliphatic hydroxyl groups excluding tert-OH is 1. The summed E-state index contributed by atoms with van der Waals surface area (Å²) in [5.41, 5.74) is 0.949. The second kappa shape index (κ2) is 8.80. The van der Waals surface area contributed by atoms with Crippen LogP contribution >= 0.6 is 0 Å². The van der Waals surface area contributed by atoms with E-state index in [0.717, 1.165) is 11.3 Å².